The van der Waals surface area contributed by atoms with Crippen molar-refractivity contribution in [1.82, 2.24) is 14.9 Å². The minimum Gasteiger partial charge on any atom is -0.346 e. The van der Waals surface area contributed by atoms with Gasteiger partial charge in [-0.3, -0.25) is 9.52 Å². The quantitative estimate of drug-likeness (QED) is 0.653. The Morgan fingerprint density at radius 2 is 1.90 bits per heavy atom. The van der Waals surface area contributed by atoms with Crippen LogP contribution in [0.15, 0.2) is 65.7 Å². The van der Waals surface area contributed by atoms with E-state index in [2.05, 4.69) is 19.6 Å². The number of rotatable bonds is 6. The fraction of sp³-hybridized carbons (Fsp3) is 0.238. The molecule has 0 unspecified atom stereocenters. The summed E-state index contributed by atoms with van der Waals surface area (Å²) in [5.41, 5.74) is 1.54. The van der Waals surface area contributed by atoms with Crippen LogP contribution in [0.4, 0.5) is 5.69 Å². The molecule has 4 rings (SSSR count). The van der Waals surface area contributed by atoms with Gasteiger partial charge in [0.25, 0.3) is 15.9 Å². The molecular weight excluding hydrogens is 388 g/mol. The lowest BCUT2D eigenvalue weighted by Crippen LogP contribution is -2.23. The maximum atomic E-state index is 12.5. The first-order chi connectivity index (χ1) is 14.0. The van der Waals surface area contributed by atoms with Crippen molar-refractivity contribution in [2.45, 2.75) is 37.2 Å². The van der Waals surface area contributed by atoms with Gasteiger partial charge in [-0.15, -0.1) is 0 Å². The van der Waals surface area contributed by atoms with Gasteiger partial charge in [-0.1, -0.05) is 24.3 Å². The van der Waals surface area contributed by atoms with Crippen LogP contribution in [0.5, 0.6) is 0 Å². The van der Waals surface area contributed by atoms with Crippen molar-refractivity contribution >= 4 is 21.6 Å². The summed E-state index contributed by atoms with van der Waals surface area (Å²) in [6.07, 6.45) is 5.26. The average molecular weight is 410 g/mol. The zero-order valence-corrected chi connectivity index (χ0v) is 16.7. The number of imidazole rings is 1. The third-order valence-corrected chi connectivity index (χ3v) is 6.22. The van der Waals surface area contributed by atoms with E-state index in [9.17, 15) is 13.2 Å². The molecule has 3 aromatic rings. The average Bonchev–Trinajstić information content (AvgIpc) is 3.15. The first-order valence-corrected chi connectivity index (χ1v) is 11.0. The van der Waals surface area contributed by atoms with Gasteiger partial charge in [0, 0.05) is 30.4 Å². The largest absolute Gasteiger partial charge is 0.346 e. The fourth-order valence-electron chi connectivity index (χ4n) is 3.37. The summed E-state index contributed by atoms with van der Waals surface area (Å²) in [5.74, 6) is 0.787. The molecule has 7 nitrogen and oxygen atoms in total. The van der Waals surface area contributed by atoms with Crippen molar-refractivity contribution in [3.63, 3.8) is 0 Å². The van der Waals surface area contributed by atoms with E-state index in [1.165, 1.54) is 18.2 Å². The Hall–Kier alpha value is -3.13. The van der Waals surface area contributed by atoms with Gasteiger partial charge in [-0.05, 0) is 43.2 Å². The Bertz CT molecular complexity index is 1100. The first-order valence-electron chi connectivity index (χ1n) is 9.52. The number of benzene rings is 2. The Balaban J connectivity index is 1.42. The molecule has 2 heterocycles. The number of hydrogen-bond acceptors (Lipinski definition) is 4. The van der Waals surface area contributed by atoms with Gasteiger partial charge in [0.1, 0.15) is 5.82 Å². The van der Waals surface area contributed by atoms with E-state index in [4.69, 9.17) is 0 Å². The van der Waals surface area contributed by atoms with Crippen LogP contribution < -0.4 is 10.0 Å². The van der Waals surface area contributed by atoms with Crippen LogP contribution in [0.25, 0.3) is 0 Å². The molecule has 8 heteroatoms. The summed E-state index contributed by atoms with van der Waals surface area (Å²) < 4.78 is 29.6. The van der Waals surface area contributed by atoms with Gasteiger partial charge < -0.3 is 9.88 Å². The fourth-order valence-corrected chi connectivity index (χ4v) is 4.44. The summed E-state index contributed by atoms with van der Waals surface area (Å²) in [6, 6.07) is 14.5. The first kappa shape index (κ1) is 19.2. The molecule has 2 aromatic carbocycles. The molecule has 0 saturated carbocycles. The van der Waals surface area contributed by atoms with Crippen molar-refractivity contribution in [2.24, 2.45) is 0 Å². The van der Waals surface area contributed by atoms with Gasteiger partial charge >= 0.3 is 0 Å². The Morgan fingerprint density at radius 3 is 2.69 bits per heavy atom. The van der Waals surface area contributed by atoms with E-state index in [0.717, 1.165) is 37.3 Å². The third kappa shape index (κ3) is 4.48. The van der Waals surface area contributed by atoms with Crippen LogP contribution in [0.2, 0.25) is 0 Å². The smallest absolute Gasteiger partial charge is 0.261 e. The van der Waals surface area contributed by atoms with Gasteiger partial charge in [0.2, 0.25) is 0 Å². The molecule has 0 bridgehead atoms. The number of anilines is 1. The number of hydrogen-bond donors (Lipinski definition) is 2. The molecule has 29 heavy (non-hydrogen) atoms. The Morgan fingerprint density at radius 1 is 1.07 bits per heavy atom. The summed E-state index contributed by atoms with van der Waals surface area (Å²) in [5, 5.41) is 2.85. The third-order valence-electron chi connectivity index (χ3n) is 4.82. The van der Waals surface area contributed by atoms with Crippen LogP contribution in [-0.4, -0.2) is 23.9 Å². The van der Waals surface area contributed by atoms with Gasteiger partial charge in [0.15, 0.2) is 0 Å². The predicted molar refractivity (Wildman–Crippen MR) is 110 cm³/mol. The zero-order chi connectivity index (χ0) is 20.3. The van der Waals surface area contributed by atoms with Gasteiger partial charge in [-0.25, -0.2) is 13.4 Å². The lowest BCUT2D eigenvalue weighted by atomic mass is 10.2. The van der Waals surface area contributed by atoms with Crippen LogP contribution in [0.3, 0.4) is 0 Å². The van der Waals surface area contributed by atoms with Crippen LogP contribution in [-0.2, 0) is 29.5 Å². The number of nitrogens with one attached hydrogen (secondary N) is 2. The highest BCUT2D eigenvalue weighted by atomic mass is 32.2. The van der Waals surface area contributed by atoms with E-state index in [1.54, 1.807) is 36.4 Å². The molecule has 150 valence electrons. The van der Waals surface area contributed by atoms with Crippen LogP contribution in [0.1, 0.15) is 34.7 Å². The SMILES string of the molecule is O=C(NCc1cn2c(n1)CCCC2)c1cccc(NS(=O)(=O)c2ccccc2)c1. The minimum absolute atomic E-state index is 0.165. The van der Waals surface area contributed by atoms with Crippen molar-refractivity contribution < 1.29 is 13.2 Å². The highest BCUT2D eigenvalue weighted by Gasteiger charge is 2.16. The molecule has 1 aromatic heterocycles. The zero-order valence-electron chi connectivity index (χ0n) is 15.8. The molecule has 1 amide bonds. The molecule has 1 aliphatic heterocycles. The van der Waals surface area contributed by atoms with Crippen LogP contribution in [0, 0.1) is 0 Å². The molecule has 0 fully saturated rings. The highest BCUT2D eigenvalue weighted by Crippen LogP contribution is 2.18. The van der Waals surface area contributed by atoms with Crippen LogP contribution >= 0.6 is 0 Å². The number of sulfonamides is 1. The van der Waals surface area contributed by atoms with E-state index >= 15 is 0 Å². The number of amides is 1. The van der Waals surface area contributed by atoms with E-state index in [0.29, 0.717) is 17.8 Å². The summed E-state index contributed by atoms with van der Waals surface area (Å²) in [4.78, 5) is 17.3. The predicted octanol–water partition coefficient (Wildman–Crippen LogP) is 2.95. The topological polar surface area (TPSA) is 93.1 Å². The number of aryl methyl sites for hydroxylation is 2. The van der Waals surface area contributed by atoms with Crippen molar-refractivity contribution in [2.75, 3.05) is 4.72 Å². The molecule has 0 spiro atoms. The normalized spacial score (nSPS) is 13.5. The maximum absolute atomic E-state index is 12.5. The lowest BCUT2D eigenvalue weighted by molar-refractivity contribution is 0.0950. The molecular formula is C21H22N4O3S. The van der Waals surface area contributed by atoms with Gasteiger partial charge in [0.05, 0.1) is 17.1 Å². The number of nitrogens with zero attached hydrogens (tertiary/aromatic N) is 2. The van der Waals surface area contributed by atoms with Crippen molar-refractivity contribution in [1.29, 1.82) is 0 Å². The summed E-state index contributed by atoms with van der Waals surface area (Å²) >= 11 is 0. The standard InChI is InChI=1S/C21H22N4O3S/c26-21(22-14-18-15-25-12-5-4-11-20(25)23-18)16-7-6-8-17(13-16)24-29(27,28)19-9-2-1-3-10-19/h1-3,6-10,13,15,24H,4-5,11-12,14H2,(H,22,26). The van der Waals surface area contributed by atoms with Gasteiger partial charge in [-0.2, -0.15) is 0 Å². The minimum atomic E-state index is -3.71. The second-order valence-corrected chi connectivity index (χ2v) is 8.66. The Kier molecular flexibility index (Phi) is 5.35. The molecule has 0 aliphatic carbocycles. The number of carbonyl (C=O) groups is 1. The van der Waals surface area contributed by atoms with Crippen molar-refractivity contribution in [3.05, 3.63) is 77.9 Å². The summed E-state index contributed by atoms with van der Waals surface area (Å²) in [7, 11) is -3.71. The highest BCUT2D eigenvalue weighted by molar-refractivity contribution is 7.92. The second kappa shape index (κ2) is 8.08. The number of carbonyl (C=O) groups excluding carboxylic acids is 1. The monoisotopic (exact) mass is 410 g/mol. The Labute approximate surface area is 169 Å². The summed E-state index contributed by atoms with van der Waals surface area (Å²) in [6.45, 7) is 1.30. The van der Waals surface area contributed by atoms with E-state index < -0.39 is 10.0 Å². The number of fused-ring (bicyclic) bond motifs is 1. The number of aromatic nitrogens is 2. The molecule has 0 atom stereocenters. The lowest BCUT2D eigenvalue weighted by Gasteiger charge is -2.11. The van der Waals surface area contributed by atoms with Crippen molar-refractivity contribution in [3.8, 4) is 0 Å². The molecule has 1 aliphatic rings. The molecule has 2 N–H and O–H groups in total. The molecule has 0 radical (unpaired) electrons. The maximum Gasteiger partial charge on any atom is 0.261 e. The molecule has 0 saturated heterocycles. The van der Waals surface area contributed by atoms with E-state index in [-0.39, 0.29) is 10.8 Å². The van der Waals surface area contributed by atoms with E-state index in [1.807, 2.05) is 6.20 Å². The second-order valence-electron chi connectivity index (χ2n) is 6.98.